The number of carbonyl (C=O) groups excluding carboxylic acids is 1. The Hall–Kier alpha value is -2.21. The van der Waals surface area contributed by atoms with Crippen LogP contribution in [0.1, 0.15) is 49.6 Å². The molecule has 6 heteroatoms. The molecule has 3 rings (SSSR count). The van der Waals surface area contributed by atoms with Crippen LogP contribution in [0.15, 0.2) is 36.7 Å². The summed E-state index contributed by atoms with van der Waals surface area (Å²) in [5.74, 6) is 0.689. The fourth-order valence-corrected chi connectivity index (χ4v) is 3.27. The second-order valence-electron chi connectivity index (χ2n) is 6.70. The Bertz CT molecular complexity index is 714. The predicted octanol–water partition coefficient (Wildman–Crippen LogP) is 3.09. The summed E-state index contributed by atoms with van der Waals surface area (Å²) in [6.07, 6.45) is 5.47. The summed E-state index contributed by atoms with van der Waals surface area (Å²) in [6, 6.07) is 6.42. The number of hydrogen-bond acceptors (Lipinski definition) is 3. The van der Waals surface area contributed by atoms with Gasteiger partial charge in [-0.1, -0.05) is 19.1 Å². The molecule has 2 heterocycles. The Morgan fingerprint density at radius 2 is 2.20 bits per heavy atom. The largest absolute Gasteiger partial charge is 0.370 e. The summed E-state index contributed by atoms with van der Waals surface area (Å²) in [5.41, 5.74) is 0.967. The van der Waals surface area contributed by atoms with E-state index in [9.17, 15) is 9.18 Å². The average Bonchev–Trinajstić information content (AvgIpc) is 3.01. The van der Waals surface area contributed by atoms with Crippen molar-refractivity contribution in [1.82, 2.24) is 14.9 Å². The molecular formula is C19H24FN3O2. The van der Waals surface area contributed by atoms with Gasteiger partial charge in [0.05, 0.1) is 0 Å². The van der Waals surface area contributed by atoms with Gasteiger partial charge in [0, 0.05) is 44.9 Å². The van der Waals surface area contributed by atoms with Crippen LogP contribution in [0.2, 0.25) is 0 Å². The lowest BCUT2D eigenvalue weighted by atomic mass is 9.96. The van der Waals surface area contributed by atoms with Crippen LogP contribution in [0, 0.1) is 5.82 Å². The van der Waals surface area contributed by atoms with Crippen LogP contribution in [-0.2, 0) is 16.6 Å². The monoisotopic (exact) mass is 345 g/mol. The number of carbonyl (C=O) groups is 1. The molecule has 0 spiro atoms. The molecule has 2 aromatic rings. The molecule has 1 fully saturated rings. The van der Waals surface area contributed by atoms with Crippen molar-refractivity contribution in [2.75, 3.05) is 6.61 Å². The molecule has 5 nitrogen and oxygen atoms in total. The lowest BCUT2D eigenvalue weighted by Crippen LogP contribution is -2.40. The third-order valence-electron chi connectivity index (χ3n) is 4.73. The number of hydrogen-bond donors (Lipinski definition) is 1. The number of benzene rings is 1. The average molecular weight is 345 g/mol. The van der Waals surface area contributed by atoms with Crippen molar-refractivity contribution < 1.29 is 13.9 Å². The molecule has 1 aliphatic heterocycles. The zero-order valence-electron chi connectivity index (χ0n) is 14.6. The van der Waals surface area contributed by atoms with Gasteiger partial charge in [-0.25, -0.2) is 9.37 Å². The minimum absolute atomic E-state index is 0.0160. The number of imidazole rings is 1. The molecule has 1 amide bonds. The molecule has 1 aliphatic rings. The minimum atomic E-state index is -0.261. The molecule has 0 aliphatic carbocycles. The van der Waals surface area contributed by atoms with E-state index in [2.05, 4.69) is 10.3 Å². The lowest BCUT2D eigenvalue weighted by Gasteiger charge is -2.30. The van der Waals surface area contributed by atoms with Crippen molar-refractivity contribution in [3.63, 3.8) is 0 Å². The van der Waals surface area contributed by atoms with Crippen LogP contribution in [-0.4, -0.2) is 28.1 Å². The van der Waals surface area contributed by atoms with E-state index in [1.165, 1.54) is 12.1 Å². The van der Waals surface area contributed by atoms with Gasteiger partial charge < -0.3 is 14.6 Å². The van der Waals surface area contributed by atoms with E-state index in [0.717, 1.165) is 24.2 Å². The van der Waals surface area contributed by atoms with Crippen molar-refractivity contribution in [3.05, 3.63) is 53.9 Å². The standard InChI is InChI=1S/C19H24FN3O2/c1-13(14-3-5-15(20)6-4-14)11-18(24)22-16-7-10-25-17(12-16)19-21-8-9-23(19)2/h3-6,8-9,13,16-17H,7,10-12H2,1-2H3,(H,22,24)/t13-,16+,17-/m1/s1. The second-order valence-corrected chi connectivity index (χ2v) is 6.70. The topological polar surface area (TPSA) is 56.1 Å². The number of ether oxygens (including phenoxy) is 1. The number of amides is 1. The predicted molar refractivity (Wildman–Crippen MR) is 92.5 cm³/mol. The molecule has 1 N–H and O–H groups in total. The first-order chi connectivity index (χ1) is 12.0. The minimum Gasteiger partial charge on any atom is -0.370 e. The van der Waals surface area contributed by atoms with Gasteiger partial charge in [0.2, 0.25) is 5.91 Å². The lowest BCUT2D eigenvalue weighted by molar-refractivity contribution is -0.123. The highest BCUT2D eigenvalue weighted by Crippen LogP contribution is 2.27. The highest BCUT2D eigenvalue weighted by molar-refractivity contribution is 5.77. The van der Waals surface area contributed by atoms with Crippen LogP contribution in [0.25, 0.3) is 0 Å². The molecule has 25 heavy (non-hydrogen) atoms. The summed E-state index contributed by atoms with van der Waals surface area (Å²) >= 11 is 0. The quantitative estimate of drug-likeness (QED) is 0.906. The maximum atomic E-state index is 13.0. The fourth-order valence-electron chi connectivity index (χ4n) is 3.27. The van der Waals surface area contributed by atoms with Gasteiger partial charge in [0.15, 0.2) is 0 Å². The zero-order chi connectivity index (χ0) is 17.8. The van der Waals surface area contributed by atoms with Gasteiger partial charge in [-0.15, -0.1) is 0 Å². The van der Waals surface area contributed by atoms with Crippen LogP contribution < -0.4 is 5.32 Å². The second kappa shape index (κ2) is 7.78. The molecule has 0 unspecified atom stereocenters. The summed E-state index contributed by atoms with van der Waals surface area (Å²) in [5, 5.41) is 3.11. The highest BCUT2D eigenvalue weighted by atomic mass is 19.1. The molecule has 1 saturated heterocycles. The van der Waals surface area contributed by atoms with E-state index in [-0.39, 0.29) is 29.8 Å². The van der Waals surface area contributed by atoms with Crippen molar-refractivity contribution in [1.29, 1.82) is 0 Å². The number of aromatic nitrogens is 2. The molecule has 0 bridgehead atoms. The van der Waals surface area contributed by atoms with E-state index < -0.39 is 0 Å². The first-order valence-electron chi connectivity index (χ1n) is 8.66. The van der Waals surface area contributed by atoms with Crippen molar-refractivity contribution in [2.24, 2.45) is 7.05 Å². The van der Waals surface area contributed by atoms with Gasteiger partial charge in [-0.2, -0.15) is 0 Å². The van der Waals surface area contributed by atoms with Gasteiger partial charge in [0.1, 0.15) is 17.7 Å². The normalized spacial score (nSPS) is 21.7. The zero-order valence-corrected chi connectivity index (χ0v) is 14.6. The number of nitrogens with zero attached hydrogens (tertiary/aromatic N) is 2. The van der Waals surface area contributed by atoms with Gasteiger partial charge >= 0.3 is 0 Å². The highest BCUT2D eigenvalue weighted by Gasteiger charge is 2.27. The Morgan fingerprint density at radius 3 is 2.88 bits per heavy atom. The van der Waals surface area contributed by atoms with E-state index in [4.69, 9.17) is 4.74 Å². The Kier molecular flexibility index (Phi) is 5.48. The molecule has 0 saturated carbocycles. The first kappa shape index (κ1) is 17.6. The molecule has 3 atom stereocenters. The molecule has 1 aromatic carbocycles. The van der Waals surface area contributed by atoms with Gasteiger partial charge in [-0.3, -0.25) is 4.79 Å². The van der Waals surface area contributed by atoms with Crippen molar-refractivity contribution >= 4 is 5.91 Å². The van der Waals surface area contributed by atoms with Crippen molar-refractivity contribution in [3.8, 4) is 0 Å². The molecular weight excluding hydrogens is 321 g/mol. The number of nitrogens with one attached hydrogen (secondary N) is 1. The van der Waals surface area contributed by atoms with Crippen LogP contribution in [0.4, 0.5) is 4.39 Å². The maximum Gasteiger partial charge on any atom is 0.220 e. The van der Waals surface area contributed by atoms with Crippen LogP contribution >= 0.6 is 0 Å². The van der Waals surface area contributed by atoms with E-state index >= 15 is 0 Å². The van der Waals surface area contributed by atoms with Crippen molar-refractivity contribution in [2.45, 2.75) is 44.2 Å². The Balaban J connectivity index is 1.53. The smallest absolute Gasteiger partial charge is 0.220 e. The third kappa shape index (κ3) is 4.45. The molecule has 134 valence electrons. The fraction of sp³-hybridized carbons (Fsp3) is 0.474. The summed E-state index contributed by atoms with van der Waals surface area (Å²) in [7, 11) is 1.94. The number of rotatable bonds is 5. The summed E-state index contributed by atoms with van der Waals surface area (Å²) in [6.45, 7) is 2.59. The van der Waals surface area contributed by atoms with Gasteiger partial charge in [-0.05, 0) is 30.0 Å². The Morgan fingerprint density at radius 1 is 1.44 bits per heavy atom. The number of aryl methyl sites for hydroxylation is 1. The van der Waals surface area contributed by atoms with Crippen LogP contribution in [0.3, 0.4) is 0 Å². The maximum absolute atomic E-state index is 13.0. The van der Waals surface area contributed by atoms with Crippen LogP contribution in [0.5, 0.6) is 0 Å². The Labute approximate surface area is 147 Å². The molecule has 0 radical (unpaired) electrons. The van der Waals surface area contributed by atoms with E-state index in [1.54, 1.807) is 18.3 Å². The van der Waals surface area contributed by atoms with E-state index in [1.807, 2.05) is 24.7 Å². The first-order valence-corrected chi connectivity index (χ1v) is 8.66. The summed E-state index contributed by atoms with van der Waals surface area (Å²) in [4.78, 5) is 16.7. The molecule has 1 aromatic heterocycles. The third-order valence-corrected chi connectivity index (χ3v) is 4.73. The SMILES string of the molecule is C[C@H](CC(=O)N[C@H]1CCO[C@@H](c2nccn2C)C1)c1ccc(F)cc1. The van der Waals surface area contributed by atoms with Gasteiger partial charge in [0.25, 0.3) is 0 Å². The van der Waals surface area contributed by atoms with E-state index in [0.29, 0.717) is 13.0 Å². The number of halogens is 1. The summed E-state index contributed by atoms with van der Waals surface area (Å²) < 4.78 is 20.8.